The minimum Gasteiger partial charge on any atom is -0.465 e. The lowest BCUT2D eigenvalue weighted by Gasteiger charge is -2.31. The molecule has 1 amide bonds. The van der Waals surface area contributed by atoms with Crippen LogP contribution in [0.5, 0.6) is 0 Å². The van der Waals surface area contributed by atoms with E-state index in [1.807, 2.05) is 77.7 Å². The van der Waals surface area contributed by atoms with Crippen LogP contribution in [0.4, 0.5) is 0 Å². The molecule has 1 spiro atoms. The highest BCUT2D eigenvalue weighted by Crippen LogP contribution is 2.54. The number of benzene rings is 2. The molecule has 31 heavy (non-hydrogen) atoms. The number of fused-ring (bicyclic) bond motifs is 1. The predicted octanol–water partition coefficient (Wildman–Crippen LogP) is 3.90. The predicted molar refractivity (Wildman–Crippen MR) is 116 cm³/mol. The average molecular weight is 418 g/mol. The van der Waals surface area contributed by atoms with Gasteiger partial charge in [-0.05, 0) is 17.5 Å². The fourth-order valence-electron chi connectivity index (χ4n) is 5.25. The minimum atomic E-state index is -0.752. The number of hydrogen-bond acceptors (Lipinski definition) is 4. The van der Waals surface area contributed by atoms with Gasteiger partial charge in [-0.25, -0.2) is 0 Å². The standard InChI is InChI=1S/C26H27NO4/c1-2-3-16-30-25(29)21-20-14-15-26(31-20)17-27(24(28)22(21)26)23(18-10-6-4-7-11-18)19-12-8-5-9-13-19/h4-15,20-23H,2-3,16-17H2,1H3/t20-,21-,22-,26+/m1/s1. The first-order chi connectivity index (χ1) is 15.1. The normalized spacial score (nSPS) is 28.4. The van der Waals surface area contributed by atoms with Crippen LogP contribution in [0.15, 0.2) is 72.8 Å². The van der Waals surface area contributed by atoms with Gasteiger partial charge in [-0.2, -0.15) is 0 Å². The molecule has 5 heteroatoms. The van der Waals surface area contributed by atoms with Gasteiger partial charge in [0.15, 0.2) is 0 Å². The topological polar surface area (TPSA) is 55.8 Å². The van der Waals surface area contributed by atoms with Crippen molar-refractivity contribution in [1.82, 2.24) is 4.90 Å². The Morgan fingerprint density at radius 3 is 2.39 bits per heavy atom. The molecule has 3 aliphatic heterocycles. The molecule has 2 saturated heterocycles. The third-order valence-electron chi connectivity index (χ3n) is 6.69. The number of ether oxygens (including phenoxy) is 2. The highest BCUT2D eigenvalue weighted by atomic mass is 16.6. The Morgan fingerprint density at radius 1 is 1.13 bits per heavy atom. The number of carbonyl (C=O) groups is 2. The maximum absolute atomic E-state index is 13.8. The van der Waals surface area contributed by atoms with Crippen molar-refractivity contribution < 1.29 is 19.1 Å². The summed E-state index contributed by atoms with van der Waals surface area (Å²) >= 11 is 0. The molecule has 0 aliphatic carbocycles. The fourth-order valence-corrected chi connectivity index (χ4v) is 5.25. The highest BCUT2D eigenvalue weighted by molar-refractivity contribution is 5.91. The Morgan fingerprint density at radius 2 is 1.77 bits per heavy atom. The van der Waals surface area contributed by atoms with E-state index in [1.54, 1.807) is 0 Å². The van der Waals surface area contributed by atoms with Gasteiger partial charge in [-0.1, -0.05) is 86.2 Å². The Labute approximate surface area is 182 Å². The van der Waals surface area contributed by atoms with Crippen LogP contribution in [-0.4, -0.2) is 41.6 Å². The summed E-state index contributed by atoms with van der Waals surface area (Å²) in [6.45, 7) is 2.87. The number of esters is 1. The Hall–Kier alpha value is -2.92. The second-order valence-electron chi connectivity index (χ2n) is 8.61. The third-order valence-corrected chi connectivity index (χ3v) is 6.69. The molecule has 4 atom stereocenters. The molecule has 2 bridgehead atoms. The number of likely N-dealkylation sites (tertiary alicyclic amines) is 1. The summed E-state index contributed by atoms with van der Waals surface area (Å²) in [5.74, 6) is -1.47. The lowest BCUT2D eigenvalue weighted by molar-refractivity contribution is -0.154. The molecular formula is C26H27NO4. The molecule has 0 unspecified atom stereocenters. The summed E-state index contributed by atoms with van der Waals surface area (Å²) in [7, 11) is 0. The SMILES string of the molecule is CCCCOC(=O)[C@@H]1[C@H]2C=C[C@@]3(CN(C(c4ccccc4)c4ccccc4)C(=O)[C@@H]13)O2. The molecule has 0 aromatic heterocycles. The Balaban J connectivity index is 1.49. The van der Waals surface area contributed by atoms with Gasteiger partial charge in [-0.3, -0.25) is 9.59 Å². The van der Waals surface area contributed by atoms with Gasteiger partial charge in [0.2, 0.25) is 5.91 Å². The van der Waals surface area contributed by atoms with E-state index < -0.39 is 17.4 Å². The van der Waals surface area contributed by atoms with Gasteiger partial charge in [0, 0.05) is 0 Å². The second-order valence-corrected chi connectivity index (χ2v) is 8.61. The van der Waals surface area contributed by atoms with E-state index in [2.05, 4.69) is 6.92 Å². The van der Waals surface area contributed by atoms with Crippen molar-refractivity contribution in [3.63, 3.8) is 0 Å². The number of carbonyl (C=O) groups excluding carboxylic acids is 2. The maximum Gasteiger partial charge on any atom is 0.312 e. The molecule has 3 heterocycles. The van der Waals surface area contributed by atoms with Crippen molar-refractivity contribution in [2.75, 3.05) is 13.2 Å². The zero-order valence-corrected chi connectivity index (χ0v) is 17.6. The van der Waals surface area contributed by atoms with Crippen LogP contribution >= 0.6 is 0 Å². The van der Waals surface area contributed by atoms with Crippen molar-refractivity contribution in [3.05, 3.63) is 83.9 Å². The molecule has 3 aliphatic rings. The minimum absolute atomic E-state index is 0.0398. The van der Waals surface area contributed by atoms with Crippen molar-refractivity contribution in [2.45, 2.75) is 37.5 Å². The van der Waals surface area contributed by atoms with Crippen molar-refractivity contribution in [1.29, 1.82) is 0 Å². The van der Waals surface area contributed by atoms with Crippen molar-refractivity contribution >= 4 is 11.9 Å². The number of amides is 1. The number of unbranched alkanes of at least 4 members (excludes halogenated alkanes) is 1. The summed E-state index contributed by atoms with van der Waals surface area (Å²) < 4.78 is 11.8. The molecule has 2 aromatic rings. The lowest BCUT2D eigenvalue weighted by atomic mass is 9.77. The summed E-state index contributed by atoms with van der Waals surface area (Å²) in [6, 6.07) is 19.8. The van der Waals surface area contributed by atoms with E-state index in [9.17, 15) is 9.59 Å². The van der Waals surface area contributed by atoms with Crippen molar-refractivity contribution in [3.8, 4) is 0 Å². The monoisotopic (exact) mass is 417 g/mol. The van der Waals surface area contributed by atoms with Crippen LogP contribution in [-0.2, 0) is 19.1 Å². The molecule has 0 saturated carbocycles. The molecule has 160 valence electrons. The van der Waals surface area contributed by atoms with Gasteiger partial charge in [-0.15, -0.1) is 0 Å². The Bertz CT molecular complexity index is 949. The molecule has 2 aromatic carbocycles. The molecule has 5 nitrogen and oxygen atoms in total. The van der Waals surface area contributed by atoms with Gasteiger partial charge < -0.3 is 14.4 Å². The van der Waals surface area contributed by atoms with Gasteiger partial charge in [0.1, 0.15) is 11.5 Å². The van der Waals surface area contributed by atoms with E-state index >= 15 is 0 Å². The van der Waals surface area contributed by atoms with Crippen LogP contribution < -0.4 is 0 Å². The Kier molecular flexibility index (Phi) is 5.14. The van der Waals surface area contributed by atoms with Gasteiger partial charge in [0.25, 0.3) is 0 Å². The average Bonchev–Trinajstić information content (AvgIpc) is 3.44. The quantitative estimate of drug-likeness (QED) is 0.390. The molecule has 0 radical (unpaired) electrons. The highest BCUT2D eigenvalue weighted by Gasteiger charge is 2.68. The number of rotatable bonds is 7. The zero-order chi connectivity index (χ0) is 21.4. The number of nitrogens with zero attached hydrogens (tertiary/aromatic N) is 1. The molecular weight excluding hydrogens is 390 g/mol. The molecule has 2 fully saturated rings. The van der Waals surface area contributed by atoms with Crippen molar-refractivity contribution in [2.24, 2.45) is 11.8 Å². The van der Waals surface area contributed by atoms with E-state index in [0.717, 1.165) is 24.0 Å². The van der Waals surface area contributed by atoms with E-state index in [1.165, 1.54) is 0 Å². The van der Waals surface area contributed by atoms with Crippen LogP contribution in [0.25, 0.3) is 0 Å². The first-order valence-electron chi connectivity index (χ1n) is 11.1. The van der Waals surface area contributed by atoms with E-state index in [0.29, 0.717) is 13.2 Å². The number of hydrogen-bond donors (Lipinski definition) is 0. The first kappa shape index (κ1) is 20.0. The fraction of sp³-hybridized carbons (Fsp3) is 0.385. The van der Waals surface area contributed by atoms with Gasteiger partial charge in [0.05, 0.1) is 31.2 Å². The third kappa shape index (κ3) is 3.28. The largest absolute Gasteiger partial charge is 0.465 e. The summed E-state index contributed by atoms with van der Waals surface area (Å²) in [6.07, 6.45) is 5.31. The van der Waals surface area contributed by atoms with E-state index in [4.69, 9.17) is 9.47 Å². The summed E-state index contributed by atoms with van der Waals surface area (Å²) in [4.78, 5) is 28.6. The van der Waals surface area contributed by atoms with Crippen LogP contribution in [0.2, 0.25) is 0 Å². The lowest BCUT2D eigenvalue weighted by Crippen LogP contribution is -2.40. The smallest absolute Gasteiger partial charge is 0.312 e. The van der Waals surface area contributed by atoms with Gasteiger partial charge >= 0.3 is 5.97 Å². The van der Waals surface area contributed by atoms with Crippen LogP contribution in [0.3, 0.4) is 0 Å². The maximum atomic E-state index is 13.8. The molecule has 0 N–H and O–H groups in total. The molecule has 5 rings (SSSR count). The van der Waals surface area contributed by atoms with E-state index in [-0.39, 0.29) is 24.0 Å². The summed E-state index contributed by atoms with van der Waals surface area (Å²) in [5, 5.41) is 0. The first-order valence-corrected chi connectivity index (χ1v) is 11.1. The summed E-state index contributed by atoms with van der Waals surface area (Å²) in [5.41, 5.74) is 1.33. The second kappa shape index (κ2) is 7.97. The van der Waals surface area contributed by atoms with Crippen LogP contribution in [0, 0.1) is 11.8 Å². The zero-order valence-electron chi connectivity index (χ0n) is 17.6. The van der Waals surface area contributed by atoms with Crippen LogP contribution in [0.1, 0.15) is 36.9 Å².